The highest BCUT2D eigenvalue weighted by atomic mass is 28.5. The van der Waals surface area contributed by atoms with E-state index in [1.807, 2.05) is 0 Å². The molecular weight excluding hydrogens is 281 g/mol. The maximum atomic E-state index is 14.8. The number of rotatable bonds is 4. The van der Waals surface area contributed by atoms with E-state index in [0.29, 0.717) is 0 Å². The summed E-state index contributed by atoms with van der Waals surface area (Å²) < 4.78 is 29.1. The van der Waals surface area contributed by atoms with Gasteiger partial charge in [-0.3, -0.25) is 0 Å². The van der Waals surface area contributed by atoms with Crippen LogP contribution in [0.25, 0.3) is 0 Å². The third kappa shape index (κ3) is 2.81. The van der Waals surface area contributed by atoms with Gasteiger partial charge in [0.1, 0.15) is 0 Å². The van der Waals surface area contributed by atoms with Crippen LogP contribution in [0.2, 0.25) is 67.9 Å². The second kappa shape index (κ2) is 4.55. The molecule has 0 radical (unpaired) electrons. The van der Waals surface area contributed by atoms with E-state index in [0.717, 1.165) is 0 Å². The maximum Gasteiger partial charge on any atom is 0.545 e. The van der Waals surface area contributed by atoms with E-state index in [1.54, 1.807) is 0 Å². The lowest BCUT2D eigenvalue weighted by atomic mass is 11.6. The average Bonchev–Trinajstić information content (AvgIpc) is 1.67. The molecule has 0 aromatic heterocycles. The van der Waals surface area contributed by atoms with Gasteiger partial charge in [0.05, 0.1) is 0 Å². The van der Waals surface area contributed by atoms with E-state index >= 15 is 0 Å². The Morgan fingerprint density at radius 3 is 0.824 bits per heavy atom. The van der Waals surface area contributed by atoms with E-state index in [9.17, 15) is 7.05 Å². The molecule has 0 spiro atoms. The molecule has 0 unspecified atom stereocenters. The van der Waals surface area contributed by atoms with Gasteiger partial charge in [-0.05, 0) is 0 Å². The molecule has 0 amide bonds. The van der Waals surface area contributed by atoms with Crippen molar-refractivity contribution >= 4 is 38.2 Å². The third-order valence-electron chi connectivity index (χ3n) is 4.31. The molecule has 0 saturated heterocycles. The standard InChI is InChI=1S/C10H27Si3.CH3.Al.2FH/c1-11(2,3)10(12(4,5)6)13(7,8)9;;;;/h1-9H3;1H3;;2*1H/q;;+1;;/p-2. The van der Waals surface area contributed by atoms with Crippen LogP contribution in [0.3, 0.4) is 0 Å². The summed E-state index contributed by atoms with van der Waals surface area (Å²) in [5.74, 6) is 1.35. The van der Waals surface area contributed by atoms with Crippen LogP contribution in [0.1, 0.15) is 0 Å². The van der Waals surface area contributed by atoms with Crippen LogP contribution in [0.5, 0.6) is 0 Å². The van der Waals surface area contributed by atoms with Gasteiger partial charge in [-0.1, -0.05) is 58.9 Å². The first-order chi connectivity index (χ1) is 7.00. The molecule has 0 atom stereocenters. The topological polar surface area (TPSA) is 0 Å². The van der Waals surface area contributed by atoms with E-state index in [4.69, 9.17) is 0 Å². The second-order valence-corrected chi connectivity index (χ2v) is 30.6. The molecule has 0 aliphatic heterocycles. The van der Waals surface area contributed by atoms with Crippen molar-refractivity contribution in [3.8, 4) is 0 Å². The molecule has 0 aliphatic carbocycles. The first kappa shape index (κ1) is 18.0. The Morgan fingerprint density at radius 2 is 0.824 bits per heavy atom. The summed E-state index contributed by atoms with van der Waals surface area (Å²) >= 11 is -4.48. The zero-order valence-electron chi connectivity index (χ0n) is 13.3. The minimum Gasteiger partial charge on any atom is -0.567 e. The molecule has 0 N–H and O–H groups in total. The van der Waals surface area contributed by atoms with Crippen LogP contribution >= 0.6 is 0 Å². The van der Waals surface area contributed by atoms with Crippen molar-refractivity contribution in [3.05, 3.63) is 0 Å². The molecule has 0 aliphatic rings. The van der Waals surface area contributed by atoms with Crippen LogP contribution in [-0.2, 0) is 0 Å². The molecule has 0 bridgehead atoms. The maximum absolute atomic E-state index is 14.8. The van der Waals surface area contributed by atoms with Crippen molar-refractivity contribution < 1.29 is 7.05 Å². The van der Waals surface area contributed by atoms with Crippen LogP contribution in [-0.4, -0.2) is 38.2 Å². The monoisotopic (exact) mass is 311 g/mol. The predicted octanol–water partition coefficient (Wildman–Crippen LogP) is 5.37. The van der Waals surface area contributed by atoms with Gasteiger partial charge in [-0.25, -0.2) is 0 Å². The third-order valence-corrected chi connectivity index (χ3v) is 38.8. The minimum absolute atomic E-state index is 0.500. The van der Waals surface area contributed by atoms with E-state index < -0.39 is 41.4 Å². The van der Waals surface area contributed by atoms with Crippen LogP contribution in [0, 0.1) is 0 Å². The van der Waals surface area contributed by atoms with Gasteiger partial charge in [0, 0.05) is 24.2 Å². The van der Waals surface area contributed by atoms with Gasteiger partial charge >= 0.3 is 14.0 Å². The Bertz CT molecular complexity index is 218. The van der Waals surface area contributed by atoms with Crippen molar-refractivity contribution in [1.29, 1.82) is 0 Å². The molecule has 17 heavy (non-hydrogen) atoms. The van der Waals surface area contributed by atoms with E-state index in [2.05, 4.69) is 58.9 Å². The Hall–Kier alpha value is 1.04. The van der Waals surface area contributed by atoms with Crippen LogP contribution in [0.4, 0.5) is 7.05 Å². The smallest absolute Gasteiger partial charge is 0.545 e. The summed E-state index contributed by atoms with van der Waals surface area (Å²) in [5, 5.41) is 0. The highest BCUT2D eigenvalue weighted by molar-refractivity contribution is 7.27. The first-order valence-electron chi connectivity index (χ1n) is 6.55. The Kier molecular flexibility index (Phi) is 4.83. The fourth-order valence-corrected chi connectivity index (χ4v) is 50.9. The van der Waals surface area contributed by atoms with Crippen LogP contribution in [0.15, 0.2) is 0 Å². The molecule has 0 rings (SSSR count). The highest BCUT2D eigenvalue weighted by Crippen LogP contribution is 2.60. The predicted molar refractivity (Wildman–Crippen MR) is 86.6 cm³/mol. The molecule has 6 heteroatoms. The molecule has 0 saturated carbocycles. The van der Waals surface area contributed by atoms with Crippen LogP contribution < -0.4 is 0 Å². The van der Waals surface area contributed by atoms with Crippen molar-refractivity contribution in [2.45, 2.75) is 67.9 Å². The first-order valence-corrected chi connectivity index (χ1v) is 19.7. The summed E-state index contributed by atoms with van der Waals surface area (Å²) in [5.41, 5.74) is 0. The fraction of sp³-hybridized carbons (Fsp3) is 1.00. The van der Waals surface area contributed by atoms with Gasteiger partial charge in [0.2, 0.25) is 0 Å². The molecule has 0 fully saturated rings. The minimum atomic E-state index is -4.48. The lowest BCUT2D eigenvalue weighted by Gasteiger charge is -2.65. The van der Waals surface area contributed by atoms with E-state index in [1.165, 1.54) is 5.79 Å². The number of hydrogen-bond acceptors (Lipinski definition) is 0. The zero-order valence-corrected chi connectivity index (χ0v) is 17.5. The largest absolute Gasteiger partial charge is 0.567 e. The van der Waals surface area contributed by atoms with Crippen molar-refractivity contribution in [2.24, 2.45) is 0 Å². The molecule has 0 nitrogen and oxygen atoms in total. The van der Waals surface area contributed by atoms with Crippen molar-refractivity contribution in [1.82, 2.24) is 0 Å². The Balaban J connectivity index is 6.37. The van der Waals surface area contributed by atoms with Gasteiger partial charge in [-0.2, -0.15) is 0 Å². The van der Waals surface area contributed by atoms with Gasteiger partial charge in [-0.15, -0.1) is 8.93 Å². The average molecular weight is 312 g/mol. The molecule has 0 aromatic carbocycles. The number of halogens is 2. The SMILES string of the molecule is [CH3][Al-]([F])([F])[C]([Si](C)(C)C)([Si](C)(C)C)[Si](C)(C)C. The molecular formula is C11H30AlF2Si3-. The van der Waals surface area contributed by atoms with Gasteiger partial charge in [0.15, 0.2) is 0 Å². The molecule has 0 aromatic rings. The fourth-order valence-electron chi connectivity index (χ4n) is 5.66. The van der Waals surface area contributed by atoms with E-state index in [-0.39, 0.29) is 0 Å². The summed E-state index contributed by atoms with van der Waals surface area (Å²) in [6.45, 7) is 19.6. The highest BCUT2D eigenvalue weighted by Gasteiger charge is 2.68. The summed E-state index contributed by atoms with van der Waals surface area (Å²) in [6, 6.07) is 0. The molecule has 0 heterocycles. The zero-order chi connectivity index (χ0) is 14.5. The van der Waals surface area contributed by atoms with Crippen molar-refractivity contribution in [3.63, 3.8) is 0 Å². The summed E-state index contributed by atoms with van der Waals surface area (Å²) in [4.78, 5) is 0. The normalized spacial score (nSPS) is 16.2. The molecule has 104 valence electrons. The second-order valence-electron chi connectivity index (χ2n) is 8.58. The van der Waals surface area contributed by atoms with Gasteiger partial charge in [0.25, 0.3) is 0 Å². The van der Waals surface area contributed by atoms with Gasteiger partial charge < -0.3 is 7.05 Å². The number of hydrogen-bond donors (Lipinski definition) is 0. The Morgan fingerprint density at radius 1 is 0.647 bits per heavy atom. The van der Waals surface area contributed by atoms with Crippen molar-refractivity contribution in [2.75, 3.05) is 0 Å². The Labute approximate surface area is 113 Å². The summed E-state index contributed by atoms with van der Waals surface area (Å²) in [6.07, 6.45) is 0. The summed E-state index contributed by atoms with van der Waals surface area (Å²) in [7, 11) is -5.69. The lowest BCUT2D eigenvalue weighted by Crippen LogP contribution is -2.74. The lowest BCUT2D eigenvalue weighted by molar-refractivity contribution is 0.598. The quantitative estimate of drug-likeness (QED) is 0.612.